The number of benzene rings is 2. The van der Waals surface area contributed by atoms with Crippen molar-refractivity contribution in [3.63, 3.8) is 0 Å². The van der Waals surface area contributed by atoms with Gasteiger partial charge in [0.2, 0.25) is 10.0 Å². The number of rotatable bonds is 8. The molecule has 2 atom stereocenters. The second kappa shape index (κ2) is 9.87. The van der Waals surface area contributed by atoms with Crippen molar-refractivity contribution in [3.05, 3.63) is 90.0 Å². The molecule has 1 saturated heterocycles. The van der Waals surface area contributed by atoms with Crippen molar-refractivity contribution in [2.45, 2.75) is 30.4 Å². The van der Waals surface area contributed by atoms with E-state index < -0.39 is 21.2 Å². The second-order valence-electron chi connectivity index (χ2n) is 7.53. The Bertz CT molecular complexity index is 1010. The maximum absolute atomic E-state index is 13.3. The highest BCUT2D eigenvalue weighted by atomic mass is 32.2. The first kappa shape index (κ1) is 22.0. The molecule has 6 heteroatoms. The van der Waals surface area contributed by atoms with Gasteiger partial charge in [-0.25, -0.2) is 12.7 Å². The summed E-state index contributed by atoms with van der Waals surface area (Å²) in [4.78, 5) is 11.0. The van der Waals surface area contributed by atoms with E-state index in [1.165, 1.54) is 6.08 Å². The van der Waals surface area contributed by atoms with Gasteiger partial charge in [-0.2, -0.15) is 0 Å². The summed E-state index contributed by atoms with van der Waals surface area (Å²) in [5, 5.41) is 8.24. The van der Waals surface area contributed by atoms with Gasteiger partial charge < -0.3 is 5.11 Å². The van der Waals surface area contributed by atoms with E-state index in [9.17, 15) is 13.2 Å². The zero-order valence-corrected chi connectivity index (χ0v) is 17.7. The molecular formula is C24H27NO4S. The number of nitrogens with zero attached hydrogens (tertiary/aromatic N) is 1. The van der Waals surface area contributed by atoms with Gasteiger partial charge in [-0.3, -0.25) is 4.79 Å². The second-order valence-corrected chi connectivity index (χ2v) is 9.62. The van der Waals surface area contributed by atoms with Crippen LogP contribution in [0.25, 0.3) is 6.08 Å². The van der Waals surface area contributed by atoms with Gasteiger partial charge >= 0.3 is 5.97 Å². The molecule has 1 heterocycles. The van der Waals surface area contributed by atoms with Gasteiger partial charge in [0, 0.05) is 13.1 Å². The van der Waals surface area contributed by atoms with Gasteiger partial charge in [0.1, 0.15) is 5.25 Å². The third kappa shape index (κ3) is 5.46. The van der Waals surface area contributed by atoms with Crippen LogP contribution in [0.15, 0.2) is 73.3 Å². The molecule has 3 rings (SSSR count). The lowest BCUT2D eigenvalue weighted by Gasteiger charge is -2.33. The smallest absolute Gasteiger partial charge is 0.307 e. The first-order chi connectivity index (χ1) is 14.4. The number of hydrogen-bond donors (Lipinski definition) is 1. The fourth-order valence-electron chi connectivity index (χ4n) is 3.82. The quantitative estimate of drug-likeness (QED) is 0.647. The van der Waals surface area contributed by atoms with Gasteiger partial charge in [-0.1, -0.05) is 72.8 Å². The summed E-state index contributed by atoms with van der Waals surface area (Å²) in [6.45, 7) is 4.61. The normalized spacial score (nSPS) is 18.9. The fraction of sp³-hybridized carbons (Fsp3) is 0.292. The number of hydrogen-bond acceptors (Lipinski definition) is 3. The Balaban J connectivity index is 1.76. The Morgan fingerprint density at radius 3 is 2.67 bits per heavy atom. The maximum atomic E-state index is 13.3. The monoisotopic (exact) mass is 425 g/mol. The van der Waals surface area contributed by atoms with E-state index >= 15 is 0 Å². The van der Waals surface area contributed by atoms with Crippen molar-refractivity contribution in [2.24, 2.45) is 0 Å². The lowest BCUT2D eigenvalue weighted by Crippen LogP contribution is -2.43. The highest BCUT2D eigenvalue weighted by Crippen LogP contribution is 2.30. The average molecular weight is 426 g/mol. The lowest BCUT2D eigenvalue weighted by atomic mass is 9.90. The van der Waals surface area contributed by atoms with Crippen LogP contribution in [0.2, 0.25) is 0 Å². The number of aliphatic carboxylic acids is 1. The van der Waals surface area contributed by atoms with Crippen LogP contribution in [0.5, 0.6) is 0 Å². The molecule has 1 aliphatic heterocycles. The summed E-state index contributed by atoms with van der Waals surface area (Å²) in [7, 11) is -3.58. The fourth-order valence-corrected chi connectivity index (χ4v) is 5.45. The number of sulfonamides is 1. The molecule has 0 spiro atoms. The summed E-state index contributed by atoms with van der Waals surface area (Å²) >= 11 is 0. The number of carboxylic acids is 1. The van der Waals surface area contributed by atoms with Crippen LogP contribution in [0.4, 0.5) is 0 Å². The summed E-state index contributed by atoms with van der Waals surface area (Å²) in [5.74, 6) is -0.829. The molecular weight excluding hydrogens is 398 g/mol. The Kier molecular flexibility index (Phi) is 7.24. The molecule has 0 amide bonds. The van der Waals surface area contributed by atoms with Crippen molar-refractivity contribution < 1.29 is 18.3 Å². The van der Waals surface area contributed by atoms with E-state index in [0.29, 0.717) is 13.1 Å². The van der Waals surface area contributed by atoms with E-state index in [2.05, 4.69) is 6.58 Å². The van der Waals surface area contributed by atoms with Gasteiger partial charge in [0.25, 0.3) is 0 Å². The summed E-state index contributed by atoms with van der Waals surface area (Å²) in [5.41, 5.74) is 2.66. The molecule has 2 aromatic rings. The Morgan fingerprint density at radius 2 is 1.97 bits per heavy atom. The molecule has 0 bridgehead atoms. The molecule has 0 aromatic heterocycles. The van der Waals surface area contributed by atoms with Crippen LogP contribution in [0, 0.1) is 0 Å². The minimum Gasteiger partial charge on any atom is -0.481 e. The Hall–Kier alpha value is -2.70. The molecule has 5 nitrogen and oxygen atoms in total. The molecule has 0 aliphatic carbocycles. The predicted octanol–water partition coefficient (Wildman–Crippen LogP) is 4.09. The van der Waals surface area contributed by atoms with Crippen LogP contribution in [-0.4, -0.2) is 42.1 Å². The molecule has 158 valence electrons. The summed E-state index contributed by atoms with van der Waals surface area (Å²) in [6.07, 6.45) is 6.55. The zero-order valence-electron chi connectivity index (χ0n) is 16.9. The van der Waals surface area contributed by atoms with Crippen molar-refractivity contribution in [2.75, 3.05) is 13.1 Å². The van der Waals surface area contributed by atoms with Crippen LogP contribution >= 0.6 is 0 Å². The number of piperidine rings is 1. The Labute approximate surface area is 178 Å². The molecule has 1 fully saturated rings. The van der Waals surface area contributed by atoms with Crippen molar-refractivity contribution in [1.29, 1.82) is 0 Å². The van der Waals surface area contributed by atoms with E-state index in [-0.39, 0.29) is 12.3 Å². The first-order valence-electron chi connectivity index (χ1n) is 10.1. The minimum atomic E-state index is -3.58. The maximum Gasteiger partial charge on any atom is 0.307 e. The van der Waals surface area contributed by atoms with Gasteiger partial charge in [-0.05, 0) is 35.4 Å². The highest BCUT2D eigenvalue weighted by Gasteiger charge is 2.33. The molecule has 0 radical (unpaired) electrons. The van der Waals surface area contributed by atoms with E-state index in [1.54, 1.807) is 22.5 Å². The molecule has 1 aliphatic rings. The standard InChI is InChI=1S/C24H27NO4S/c1-2-23(14-13-19-8-4-3-5-9-19)30(28,29)25-15-7-12-22(18-25)21-11-6-10-20(16-21)17-24(26)27/h2-6,8-11,13-14,16,22-23H,1,7,12,15,17-18H2,(H,26,27). The van der Waals surface area contributed by atoms with Gasteiger partial charge in [0.15, 0.2) is 0 Å². The van der Waals surface area contributed by atoms with Crippen LogP contribution < -0.4 is 0 Å². The van der Waals surface area contributed by atoms with E-state index in [1.807, 2.05) is 48.5 Å². The van der Waals surface area contributed by atoms with Crippen molar-refractivity contribution in [3.8, 4) is 0 Å². The number of carbonyl (C=O) groups is 1. The predicted molar refractivity (Wildman–Crippen MR) is 120 cm³/mol. The molecule has 1 N–H and O–H groups in total. The van der Waals surface area contributed by atoms with Crippen LogP contribution in [0.1, 0.15) is 35.4 Å². The third-order valence-electron chi connectivity index (χ3n) is 5.38. The topological polar surface area (TPSA) is 74.7 Å². The third-order valence-corrected chi connectivity index (χ3v) is 7.46. The zero-order chi connectivity index (χ0) is 21.6. The van der Waals surface area contributed by atoms with E-state index in [4.69, 9.17) is 5.11 Å². The molecule has 2 aromatic carbocycles. The minimum absolute atomic E-state index is 0.0363. The van der Waals surface area contributed by atoms with Gasteiger partial charge in [-0.15, -0.1) is 6.58 Å². The van der Waals surface area contributed by atoms with Crippen LogP contribution in [0.3, 0.4) is 0 Å². The largest absolute Gasteiger partial charge is 0.481 e. The molecule has 0 saturated carbocycles. The highest BCUT2D eigenvalue weighted by molar-refractivity contribution is 7.90. The lowest BCUT2D eigenvalue weighted by molar-refractivity contribution is -0.136. The van der Waals surface area contributed by atoms with Gasteiger partial charge in [0.05, 0.1) is 6.42 Å². The molecule has 30 heavy (non-hydrogen) atoms. The summed E-state index contributed by atoms with van der Waals surface area (Å²) in [6, 6.07) is 17.0. The van der Waals surface area contributed by atoms with Crippen molar-refractivity contribution >= 4 is 22.1 Å². The van der Waals surface area contributed by atoms with Crippen molar-refractivity contribution in [1.82, 2.24) is 4.31 Å². The SMILES string of the molecule is C=CC(C=Cc1ccccc1)S(=O)(=O)N1CCCC(c2cccc(CC(=O)O)c2)C1. The Morgan fingerprint density at radius 1 is 1.20 bits per heavy atom. The average Bonchev–Trinajstić information content (AvgIpc) is 2.74. The molecule has 2 unspecified atom stereocenters. The van der Waals surface area contributed by atoms with Crippen LogP contribution in [-0.2, 0) is 21.2 Å². The van der Waals surface area contributed by atoms with E-state index in [0.717, 1.165) is 29.5 Å². The first-order valence-corrected chi connectivity index (χ1v) is 11.6. The summed E-state index contributed by atoms with van der Waals surface area (Å²) < 4.78 is 28.1. The number of carboxylic acid groups (broad SMARTS) is 1.